The van der Waals surface area contributed by atoms with Crippen LogP contribution in [0.5, 0.6) is 5.75 Å². The molecule has 0 saturated carbocycles. The molecule has 4 bridgehead atoms. The highest BCUT2D eigenvalue weighted by molar-refractivity contribution is 8.17. The van der Waals surface area contributed by atoms with E-state index in [0.717, 1.165) is 34.9 Å². The lowest BCUT2D eigenvalue weighted by Gasteiger charge is -2.38. The lowest BCUT2D eigenvalue weighted by atomic mass is 9.81. The second-order valence-electron chi connectivity index (χ2n) is 31.0. The first-order valence-corrected chi connectivity index (χ1v) is 41.9. The van der Waals surface area contributed by atoms with Crippen LogP contribution in [0.4, 0.5) is 5.69 Å². The summed E-state index contributed by atoms with van der Waals surface area (Å²) in [5.41, 5.74) is -0.623. The molecule has 114 heavy (non-hydrogen) atoms. The topological polar surface area (TPSA) is 433 Å². The fraction of sp³-hybridized carbons (Fsp3) is 0.671. The third-order valence-electron chi connectivity index (χ3n) is 21.4. The SMILES string of the molecule is CC[C@H](C)[C@H](CC(=O)C(C)(C)N(C)C)C(=O)N(C)[C@H](C[C@@H](OC(C)=O)c1nc(C(=O)N[C@@H](Cc2ccc3c(c2)NC(=O)C(C)CC(=O)C(C)NC(=O)CCOCCCC(=O)C2C(C(=O)CCCOCCC(=O)NC(C)C(=O)CC(C)C(=O)O3)N3C(=O)CC(SCSC4CC(=O)N2C4=O)C3=O)CC(C)C(=O)NCCO)cs1)C(C)C. The number of aromatic nitrogens is 1. The summed E-state index contributed by atoms with van der Waals surface area (Å²) >= 11 is 3.24. The number of carbonyl (C=O) groups is 17. The number of anilines is 1. The number of ketones is 5. The second-order valence-corrected chi connectivity index (χ2v) is 34.7. The van der Waals surface area contributed by atoms with Gasteiger partial charge in [-0.25, -0.2) is 4.98 Å². The highest BCUT2D eigenvalue weighted by atomic mass is 32.2. The van der Waals surface area contributed by atoms with E-state index in [2.05, 4.69) is 31.6 Å². The van der Waals surface area contributed by atoms with Gasteiger partial charge in [-0.05, 0) is 97.0 Å². The van der Waals surface area contributed by atoms with Crippen LogP contribution in [0.2, 0.25) is 0 Å². The van der Waals surface area contributed by atoms with Crippen molar-refractivity contribution in [2.24, 2.45) is 35.5 Å². The molecule has 0 aliphatic carbocycles. The first-order chi connectivity index (χ1) is 53.7. The van der Waals surface area contributed by atoms with Crippen LogP contribution in [0.1, 0.15) is 200 Å². The number of benzene rings is 1. The van der Waals surface area contributed by atoms with Crippen molar-refractivity contribution in [2.75, 3.05) is 71.1 Å². The fourth-order valence-electron chi connectivity index (χ4n) is 13.6. The molecule has 4 aliphatic heterocycles. The Morgan fingerprint density at radius 3 is 1.78 bits per heavy atom. The van der Waals surface area contributed by atoms with E-state index in [1.807, 2.05) is 46.4 Å². The van der Waals surface area contributed by atoms with Crippen LogP contribution in [0.15, 0.2) is 23.6 Å². The van der Waals surface area contributed by atoms with E-state index in [0.29, 0.717) is 21.8 Å². The van der Waals surface area contributed by atoms with E-state index in [9.17, 15) is 86.6 Å². The predicted octanol–water partition coefficient (Wildman–Crippen LogP) is 5.06. The van der Waals surface area contributed by atoms with Gasteiger partial charge in [0.1, 0.15) is 22.8 Å². The van der Waals surface area contributed by atoms with E-state index >= 15 is 0 Å². The number of amides is 10. The number of rotatable bonds is 22. The van der Waals surface area contributed by atoms with Gasteiger partial charge in [0, 0.05) is 138 Å². The van der Waals surface area contributed by atoms with Gasteiger partial charge in [-0.2, -0.15) is 0 Å². The molecule has 10 amide bonds. The monoisotopic (exact) mass is 1650 g/mol. The van der Waals surface area contributed by atoms with Crippen molar-refractivity contribution in [1.29, 1.82) is 0 Å². The summed E-state index contributed by atoms with van der Waals surface area (Å²) in [4.78, 5) is 245. The molecular formula is C79H114N10O22S3. The summed E-state index contributed by atoms with van der Waals surface area (Å²) in [5.74, 6) is -15.1. The zero-order chi connectivity index (χ0) is 84.7. The number of nitrogens with zero attached hydrogens (tertiary/aromatic N) is 5. The zero-order valence-electron chi connectivity index (χ0n) is 68.0. The van der Waals surface area contributed by atoms with Crippen molar-refractivity contribution >= 4 is 140 Å². The van der Waals surface area contributed by atoms with Gasteiger partial charge in [0.15, 0.2) is 40.8 Å². The fourth-order valence-corrected chi connectivity index (χ4v) is 17.1. The van der Waals surface area contributed by atoms with Crippen molar-refractivity contribution in [3.05, 3.63) is 39.8 Å². The maximum Gasteiger partial charge on any atom is 0.314 e. The zero-order valence-corrected chi connectivity index (χ0v) is 70.5. The van der Waals surface area contributed by atoms with E-state index in [1.54, 1.807) is 33.0 Å². The maximum absolute atomic E-state index is 14.6. The van der Waals surface area contributed by atoms with Crippen molar-refractivity contribution in [2.45, 2.75) is 238 Å². The molecule has 5 heterocycles. The Labute approximate surface area is 678 Å². The first-order valence-electron chi connectivity index (χ1n) is 39.0. The number of fused-ring (bicyclic) bond motifs is 8. The number of esters is 2. The van der Waals surface area contributed by atoms with Gasteiger partial charge in [-0.1, -0.05) is 61.0 Å². The highest BCUT2D eigenvalue weighted by Crippen LogP contribution is 2.40. The average molecular weight is 1650 g/mol. The van der Waals surface area contributed by atoms with E-state index in [4.69, 9.17) is 18.9 Å². The number of hydrogen-bond acceptors (Lipinski definition) is 27. The van der Waals surface area contributed by atoms with Crippen LogP contribution < -0.4 is 31.3 Å². The Bertz CT molecular complexity index is 3870. The van der Waals surface area contributed by atoms with Crippen LogP contribution in [0.3, 0.4) is 0 Å². The number of aliphatic hydroxyl groups is 1. The minimum atomic E-state index is -1.86. The Kier molecular flexibility index (Phi) is 36.7. The van der Waals surface area contributed by atoms with Crippen LogP contribution in [-0.4, -0.2) is 248 Å². The van der Waals surface area contributed by atoms with E-state index in [1.165, 1.54) is 58.2 Å². The normalized spacial score (nSPS) is 24.1. The molecule has 35 heteroatoms. The summed E-state index contributed by atoms with van der Waals surface area (Å²) in [7, 11) is 5.28. The molecule has 6 N–H and O–H groups in total. The number of nitrogens with one attached hydrogen (secondary N) is 5. The average Bonchev–Trinajstić information content (AvgIpc) is 1.59. The van der Waals surface area contributed by atoms with Crippen LogP contribution in [0, 0.1) is 35.5 Å². The van der Waals surface area contributed by atoms with Crippen LogP contribution in [0.25, 0.3) is 0 Å². The summed E-state index contributed by atoms with van der Waals surface area (Å²) in [5, 5.41) is 23.2. The molecule has 6 rings (SSSR count). The number of Topliss-reactive ketones (excluding diaryl/α,β-unsaturated/α-hetero) is 5. The standard InChI is InChI=1S/C79H114N10O22S3/c1-16-43(4)52(36-64(96)79(11,12)86(13)14)75(104)87(15)55(42(2)3)37-61(110-49(10)91)74-85-54(40-112-74)73(103)83-51(31-44(5)71(101)80-25-26-90)34-50-21-22-60-53(35-50)84-72(102)45(6)32-58(94)47(8)81-65(97)23-29-108-27-17-19-56(92)69-70(89-68(100)39-63(77(89)106)114-41-113-62-38-67(99)88(69)76(62)105)57(93)20-18-28-109-30-24-66(98)82-48(9)59(95)33-46(7)78(107)111-60/h21-22,35,40,42-48,51-52,55,61-63,69-70,90H,16-20,23-34,36-39,41H2,1-15H3,(H,80,101)(H,81,97)(H,82,98)(H,83,103)(H,84,102)/t43-,44?,45?,46?,47?,48?,51+,52-,55+,61+,62?,63?,69?,70?/m0/s1. The molecule has 4 aliphatic rings. The summed E-state index contributed by atoms with van der Waals surface area (Å²) in [6, 6.07) is -3.09. The van der Waals surface area contributed by atoms with Gasteiger partial charge in [0.25, 0.3) is 5.91 Å². The summed E-state index contributed by atoms with van der Waals surface area (Å²) in [6.45, 7) is 18.8. The molecule has 2 aromatic rings. The predicted molar refractivity (Wildman–Crippen MR) is 423 cm³/mol. The quantitative estimate of drug-likeness (QED) is 0.0510. The molecule has 1 aromatic heterocycles. The van der Waals surface area contributed by atoms with Gasteiger partial charge in [0.2, 0.25) is 53.2 Å². The summed E-state index contributed by atoms with van der Waals surface area (Å²) in [6.07, 6.45) is -3.26. The molecule has 3 saturated heterocycles. The molecule has 32 nitrogen and oxygen atoms in total. The van der Waals surface area contributed by atoms with Crippen molar-refractivity contribution in [3.8, 4) is 5.75 Å². The van der Waals surface area contributed by atoms with Gasteiger partial charge in [-0.15, -0.1) is 34.9 Å². The minimum absolute atomic E-state index is 0.00597. The van der Waals surface area contributed by atoms with Crippen LogP contribution >= 0.6 is 34.9 Å². The Hall–Kier alpha value is -8.22. The van der Waals surface area contributed by atoms with Gasteiger partial charge < -0.3 is 55.5 Å². The van der Waals surface area contributed by atoms with Crippen molar-refractivity contribution in [3.63, 3.8) is 0 Å². The van der Waals surface area contributed by atoms with E-state index < -0.39 is 190 Å². The number of carbonyl (C=O) groups excluding carboxylic acids is 17. The number of thiazole rings is 1. The van der Waals surface area contributed by atoms with Gasteiger partial charge in [-0.3, -0.25) is 96.2 Å². The van der Waals surface area contributed by atoms with Crippen molar-refractivity contribution < 1.29 is 106 Å². The molecule has 1 aromatic carbocycles. The number of likely N-dealkylation sites (N-methyl/N-ethyl adjacent to an activating group) is 1. The number of imide groups is 2. The molecule has 3 fully saturated rings. The lowest BCUT2D eigenvalue weighted by Crippen LogP contribution is -2.62. The molecule has 0 spiro atoms. The Balaban J connectivity index is 1.24. The van der Waals surface area contributed by atoms with E-state index in [-0.39, 0.29) is 161 Å². The Morgan fingerprint density at radius 1 is 0.728 bits per heavy atom. The summed E-state index contributed by atoms with van der Waals surface area (Å²) < 4.78 is 23.2. The largest absolute Gasteiger partial charge is 0.455 e. The Morgan fingerprint density at radius 2 is 1.27 bits per heavy atom. The van der Waals surface area contributed by atoms with Crippen molar-refractivity contribution in [1.82, 2.24) is 45.9 Å². The molecule has 0 radical (unpaired) electrons. The lowest BCUT2D eigenvalue weighted by molar-refractivity contribution is -0.157. The molecule has 630 valence electrons. The third-order valence-corrected chi connectivity index (χ3v) is 24.9. The minimum Gasteiger partial charge on any atom is -0.455 e. The highest BCUT2D eigenvalue weighted by Gasteiger charge is 2.56. The number of hydrogen-bond donors (Lipinski definition) is 6. The number of ether oxygens (including phenoxy) is 4. The number of thioether (sulfide) groups is 2. The third kappa shape index (κ3) is 26.4. The smallest absolute Gasteiger partial charge is 0.314 e. The number of aliphatic hydroxyl groups excluding tert-OH is 1. The first kappa shape index (κ1) is 94.6. The van der Waals surface area contributed by atoms with Gasteiger partial charge in [0.05, 0.1) is 59.5 Å². The molecule has 14 atom stereocenters. The second kappa shape index (κ2) is 44.2. The molecule has 9 unspecified atom stereocenters. The maximum atomic E-state index is 14.6. The molecular weight excluding hydrogens is 1540 g/mol. The van der Waals surface area contributed by atoms with Crippen LogP contribution in [-0.2, 0) is 97.3 Å². The van der Waals surface area contributed by atoms with Gasteiger partial charge >= 0.3 is 11.9 Å².